The van der Waals surface area contributed by atoms with E-state index in [0.717, 1.165) is 30.6 Å². The average molecular weight is 209 g/mol. The molecule has 0 radical (unpaired) electrons. The van der Waals surface area contributed by atoms with Crippen molar-refractivity contribution in [1.29, 1.82) is 0 Å². The van der Waals surface area contributed by atoms with Crippen molar-refractivity contribution in [1.82, 2.24) is 15.3 Å². The second-order valence-corrected chi connectivity index (χ2v) is 3.85. The molecule has 0 aromatic carbocycles. The molecule has 0 aliphatic rings. The first kappa shape index (κ1) is 11.9. The zero-order chi connectivity index (χ0) is 11.3. The molecule has 4 nitrogen and oxygen atoms in total. The molecular weight excluding hydrogens is 190 g/mol. The molecule has 1 atom stereocenters. The van der Waals surface area contributed by atoms with Crippen LogP contribution in [0.1, 0.15) is 31.5 Å². The summed E-state index contributed by atoms with van der Waals surface area (Å²) in [5, 5.41) is 3.35. The zero-order valence-electron chi connectivity index (χ0n) is 9.63. The monoisotopic (exact) mass is 209 g/mol. The van der Waals surface area contributed by atoms with Crippen LogP contribution in [0.4, 0.5) is 0 Å². The number of nitrogens with one attached hydrogen (secondary N) is 2. The minimum atomic E-state index is -0.0207. The highest BCUT2D eigenvalue weighted by molar-refractivity contribution is 5.15. The molecule has 0 saturated carbocycles. The summed E-state index contributed by atoms with van der Waals surface area (Å²) in [6.45, 7) is 7.07. The van der Waals surface area contributed by atoms with Gasteiger partial charge in [0, 0.05) is 17.3 Å². The molecule has 1 heterocycles. The van der Waals surface area contributed by atoms with Crippen LogP contribution in [0, 0.1) is 6.92 Å². The Kier molecular flexibility index (Phi) is 4.49. The van der Waals surface area contributed by atoms with Gasteiger partial charge in [0.15, 0.2) is 0 Å². The smallest absolute Gasteiger partial charge is 0.254 e. The Morgan fingerprint density at radius 3 is 2.93 bits per heavy atom. The van der Waals surface area contributed by atoms with Gasteiger partial charge in [0.05, 0.1) is 6.33 Å². The lowest BCUT2D eigenvalue weighted by molar-refractivity contribution is 0.539. The second kappa shape index (κ2) is 5.66. The molecule has 0 fully saturated rings. The van der Waals surface area contributed by atoms with E-state index in [9.17, 15) is 4.79 Å². The highest BCUT2D eigenvalue weighted by Gasteiger charge is 2.09. The van der Waals surface area contributed by atoms with Gasteiger partial charge in [0.1, 0.15) is 0 Å². The van der Waals surface area contributed by atoms with Crippen molar-refractivity contribution < 1.29 is 0 Å². The molecule has 4 heteroatoms. The Balaban J connectivity index is 2.67. The Morgan fingerprint density at radius 2 is 2.33 bits per heavy atom. The van der Waals surface area contributed by atoms with Gasteiger partial charge in [-0.15, -0.1) is 0 Å². The van der Waals surface area contributed by atoms with E-state index >= 15 is 0 Å². The Hall–Kier alpha value is -1.16. The quantitative estimate of drug-likeness (QED) is 0.761. The van der Waals surface area contributed by atoms with Crippen molar-refractivity contribution in [3.8, 4) is 0 Å². The van der Waals surface area contributed by atoms with Crippen LogP contribution in [-0.4, -0.2) is 22.6 Å². The molecule has 0 bridgehead atoms. The summed E-state index contributed by atoms with van der Waals surface area (Å²) in [5.74, 6) is 0. The van der Waals surface area contributed by atoms with Crippen LogP contribution in [0.5, 0.6) is 0 Å². The van der Waals surface area contributed by atoms with Gasteiger partial charge in [-0.2, -0.15) is 0 Å². The molecule has 15 heavy (non-hydrogen) atoms. The standard InChI is InChI=1S/C11H19N3O/c1-4-5-12-8(2)6-10-9(3)13-7-14-11(10)15/h7-8,12H,4-6H2,1-3H3,(H,13,14,15). The molecule has 1 unspecified atom stereocenters. The summed E-state index contributed by atoms with van der Waals surface area (Å²) in [4.78, 5) is 18.2. The van der Waals surface area contributed by atoms with E-state index in [2.05, 4.69) is 29.1 Å². The van der Waals surface area contributed by atoms with Gasteiger partial charge in [-0.1, -0.05) is 6.92 Å². The van der Waals surface area contributed by atoms with Crippen LogP contribution >= 0.6 is 0 Å². The van der Waals surface area contributed by atoms with Crippen LogP contribution in [0.15, 0.2) is 11.1 Å². The molecule has 84 valence electrons. The number of aromatic amines is 1. The van der Waals surface area contributed by atoms with Crippen molar-refractivity contribution in [2.24, 2.45) is 0 Å². The zero-order valence-corrected chi connectivity index (χ0v) is 9.63. The van der Waals surface area contributed by atoms with Crippen LogP contribution in [0.3, 0.4) is 0 Å². The number of H-pyrrole nitrogens is 1. The Labute approximate surface area is 90.1 Å². The maximum atomic E-state index is 11.5. The highest BCUT2D eigenvalue weighted by Crippen LogP contribution is 2.01. The van der Waals surface area contributed by atoms with Crippen LogP contribution in [0.2, 0.25) is 0 Å². The molecule has 2 N–H and O–H groups in total. The van der Waals surface area contributed by atoms with Crippen LogP contribution in [-0.2, 0) is 6.42 Å². The third kappa shape index (κ3) is 3.47. The van der Waals surface area contributed by atoms with Crippen molar-refractivity contribution in [2.45, 2.75) is 39.7 Å². The molecule has 0 aliphatic heterocycles. The number of aryl methyl sites for hydroxylation is 1. The van der Waals surface area contributed by atoms with Gasteiger partial charge in [-0.3, -0.25) is 4.79 Å². The van der Waals surface area contributed by atoms with Crippen molar-refractivity contribution >= 4 is 0 Å². The third-order valence-electron chi connectivity index (χ3n) is 2.42. The maximum Gasteiger partial charge on any atom is 0.254 e. The molecule has 0 spiro atoms. The fourth-order valence-electron chi connectivity index (χ4n) is 1.53. The van der Waals surface area contributed by atoms with E-state index in [1.165, 1.54) is 6.33 Å². The first-order chi connectivity index (χ1) is 7.15. The minimum absolute atomic E-state index is 0.0207. The SMILES string of the molecule is CCCNC(C)Cc1c(C)nc[nH]c1=O. The number of rotatable bonds is 5. The summed E-state index contributed by atoms with van der Waals surface area (Å²) in [7, 11) is 0. The minimum Gasteiger partial charge on any atom is -0.314 e. The van der Waals surface area contributed by atoms with Gasteiger partial charge in [0.2, 0.25) is 0 Å². The molecule has 0 aliphatic carbocycles. The van der Waals surface area contributed by atoms with E-state index < -0.39 is 0 Å². The van der Waals surface area contributed by atoms with E-state index in [1.54, 1.807) is 0 Å². The summed E-state index contributed by atoms with van der Waals surface area (Å²) in [6, 6.07) is 0.314. The first-order valence-corrected chi connectivity index (χ1v) is 5.41. The predicted octanol–water partition coefficient (Wildman–Crippen LogP) is 1.01. The van der Waals surface area contributed by atoms with Crippen molar-refractivity contribution in [3.05, 3.63) is 27.9 Å². The molecule has 1 aromatic rings. The molecule has 1 rings (SSSR count). The van der Waals surface area contributed by atoms with Crippen LogP contribution in [0.25, 0.3) is 0 Å². The number of hydrogen-bond acceptors (Lipinski definition) is 3. The first-order valence-electron chi connectivity index (χ1n) is 5.41. The van der Waals surface area contributed by atoms with Gasteiger partial charge < -0.3 is 10.3 Å². The average Bonchev–Trinajstić information content (AvgIpc) is 2.21. The second-order valence-electron chi connectivity index (χ2n) is 3.85. The number of aromatic nitrogens is 2. The fraction of sp³-hybridized carbons (Fsp3) is 0.636. The van der Waals surface area contributed by atoms with E-state index in [-0.39, 0.29) is 5.56 Å². The summed E-state index contributed by atoms with van der Waals surface area (Å²) in [5.41, 5.74) is 1.59. The molecular formula is C11H19N3O. The maximum absolute atomic E-state index is 11.5. The fourth-order valence-corrected chi connectivity index (χ4v) is 1.53. The molecule has 0 saturated heterocycles. The summed E-state index contributed by atoms with van der Waals surface area (Å²) < 4.78 is 0. The van der Waals surface area contributed by atoms with E-state index in [1.807, 2.05) is 6.92 Å². The lowest BCUT2D eigenvalue weighted by Gasteiger charge is -2.13. The predicted molar refractivity (Wildman–Crippen MR) is 61.1 cm³/mol. The highest BCUT2D eigenvalue weighted by atomic mass is 16.1. The largest absolute Gasteiger partial charge is 0.314 e. The molecule has 0 amide bonds. The van der Waals surface area contributed by atoms with Gasteiger partial charge in [0.25, 0.3) is 5.56 Å². The topological polar surface area (TPSA) is 57.8 Å². The summed E-state index contributed by atoms with van der Waals surface area (Å²) in [6.07, 6.45) is 3.28. The Bertz CT molecular complexity index is 359. The lowest BCUT2D eigenvalue weighted by Crippen LogP contribution is -2.31. The third-order valence-corrected chi connectivity index (χ3v) is 2.42. The number of nitrogens with zero attached hydrogens (tertiary/aromatic N) is 1. The van der Waals surface area contributed by atoms with Crippen LogP contribution < -0.4 is 10.9 Å². The summed E-state index contributed by atoms with van der Waals surface area (Å²) >= 11 is 0. The molecule has 1 aromatic heterocycles. The normalized spacial score (nSPS) is 12.7. The lowest BCUT2D eigenvalue weighted by atomic mass is 10.1. The van der Waals surface area contributed by atoms with Crippen molar-refractivity contribution in [3.63, 3.8) is 0 Å². The van der Waals surface area contributed by atoms with Crippen molar-refractivity contribution in [2.75, 3.05) is 6.54 Å². The Morgan fingerprint density at radius 1 is 1.60 bits per heavy atom. The van der Waals surface area contributed by atoms with E-state index in [0.29, 0.717) is 6.04 Å². The van der Waals surface area contributed by atoms with Gasteiger partial charge in [-0.05, 0) is 33.2 Å². The van der Waals surface area contributed by atoms with E-state index in [4.69, 9.17) is 0 Å². The van der Waals surface area contributed by atoms with Gasteiger partial charge in [-0.25, -0.2) is 4.98 Å². The van der Waals surface area contributed by atoms with Gasteiger partial charge >= 0.3 is 0 Å². The number of hydrogen-bond donors (Lipinski definition) is 2.